The number of carbonyl (C=O) groups is 1. The number of hydrogen-bond donors (Lipinski definition) is 2. The van der Waals surface area contributed by atoms with Gasteiger partial charge in [-0.3, -0.25) is 0 Å². The normalized spacial score (nSPS) is 38.9. The number of nitrogens with zero attached hydrogens (tertiary/aromatic N) is 1. The van der Waals surface area contributed by atoms with Gasteiger partial charge in [0.1, 0.15) is 0 Å². The molecular formula is C12H22N2O2. The quantitative estimate of drug-likeness (QED) is 0.661. The van der Waals surface area contributed by atoms with Crippen molar-refractivity contribution in [3.05, 3.63) is 0 Å². The first-order valence-electron chi connectivity index (χ1n) is 6.06. The van der Waals surface area contributed by atoms with Gasteiger partial charge in [-0.2, -0.15) is 0 Å². The lowest BCUT2D eigenvalue weighted by atomic mass is 9.77. The number of carboxylic acid groups (broad SMARTS) is 1. The zero-order valence-corrected chi connectivity index (χ0v) is 10.3. The largest absolute Gasteiger partial charge is 0.465 e. The third kappa shape index (κ3) is 1.79. The van der Waals surface area contributed by atoms with Crippen molar-refractivity contribution in [3.8, 4) is 0 Å². The molecule has 0 aromatic carbocycles. The maximum absolute atomic E-state index is 11.3. The van der Waals surface area contributed by atoms with Crippen LogP contribution in [-0.4, -0.2) is 34.7 Å². The highest BCUT2D eigenvalue weighted by molar-refractivity contribution is 5.66. The van der Waals surface area contributed by atoms with Gasteiger partial charge in [-0.05, 0) is 30.1 Å². The minimum atomic E-state index is -0.775. The van der Waals surface area contributed by atoms with Gasteiger partial charge in [-0.1, -0.05) is 20.8 Å². The SMILES string of the molecule is CC(C)(C)C1C2CC(N)CC2CN1C(=O)O. The Morgan fingerprint density at radius 1 is 1.38 bits per heavy atom. The summed E-state index contributed by atoms with van der Waals surface area (Å²) >= 11 is 0. The Labute approximate surface area is 96.8 Å². The van der Waals surface area contributed by atoms with Crippen LogP contribution < -0.4 is 5.73 Å². The number of rotatable bonds is 0. The van der Waals surface area contributed by atoms with Crippen LogP contribution in [0.3, 0.4) is 0 Å². The number of fused-ring (bicyclic) bond motifs is 1. The second kappa shape index (κ2) is 3.62. The molecule has 16 heavy (non-hydrogen) atoms. The molecule has 1 amide bonds. The van der Waals surface area contributed by atoms with Gasteiger partial charge in [0.15, 0.2) is 0 Å². The second-order valence-electron chi connectivity index (χ2n) is 6.40. The van der Waals surface area contributed by atoms with Crippen molar-refractivity contribution in [1.82, 2.24) is 4.90 Å². The first kappa shape index (κ1) is 11.7. The van der Waals surface area contributed by atoms with Gasteiger partial charge in [0.2, 0.25) is 0 Å². The molecule has 4 atom stereocenters. The molecule has 2 rings (SSSR count). The molecule has 1 saturated heterocycles. The second-order valence-corrected chi connectivity index (χ2v) is 6.40. The summed E-state index contributed by atoms with van der Waals surface area (Å²) in [4.78, 5) is 12.9. The van der Waals surface area contributed by atoms with Crippen LogP contribution in [0.4, 0.5) is 4.79 Å². The van der Waals surface area contributed by atoms with Crippen LogP contribution in [0, 0.1) is 17.3 Å². The van der Waals surface area contributed by atoms with Gasteiger partial charge in [0.25, 0.3) is 0 Å². The van der Waals surface area contributed by atoms with E-state index >= 15 is 0 Å². The van der Waals surface area contributed by atoms with Crippen molar-refractivity contribution < 1.29 is 9.90 Å². The molecule has 2 fully saturated rings. The predicted molar refractivity (Wildman–Crippen MR) is 62.2 cm³/mol. The Bertz CT molecular complexity index is 298. The van der Waals surface area contributed by atoms with E-state index in [-0.39, 0.29) is 17.5 Å². The van der Waals surface area contributed by atoms with E-state index < -0.39 is 6.09 Å². The molecule has 1 saturated carbocycles. The summed E-state index contributed by atoms with van der Waals surface area (Å²) in [6.07, 6.45) is 1.19. The number of nitrogens with two attached hydrogens (primary N) is 1. The maximum atomic E-state index is 11.3. The molecule has 2 aliphatic rings. The average Bonchev–Trinajstić information content (AvgIpc) is 2.56. The lowest BCUT2D eigenvalue weighted by molar-refractivity contribution is 0.0893. The fraction of sp³-hybridized carbons (Fsp3) is 0.917. The lowest BCUT2D eigenvalue weighted by Crippen LogP contribution is -2.46. The maximum Gasteiger partial charge on any atom is 0.407 e. The fourth-order valence-electron chi connectivity index (χ4n) is 3.70. The molecule has 3 N–H and O–H groups in total. The van der Waals surface area contributed by atoms with Crippen LogP contribution >= 0.6 is 0 Å². The molecule has 0 aromatic heterocycles. The van der Waals surface area contributed by atoms with Crippen molar-refractivity contribution in [1.29, 1.82) is 0 Å². The first-order valence-corrected chi connectivity index (χ1v) is 6.06. The van der Waals surface area contributed by atoms with Gasteiger partial charge < -0.3 is 15.7 Å². The highest BCUT2D eigenvalue weighted by atomic mass is 16.4. The van der Waals surface area contributed by atoms with Crippen molar-refractivity contribution in [2.75, 3.05) is 6.54 Å². The predicted octanol–water partition coefficient (Wildman–Crippen LogP) is 1.75. The lowest BCUT2D eigenvalue weighted by Gasteiger charge is -2.37. The van der Waals surface area contributed by atoms with Gasteiger partial charge >= 0.3 is 6.09 Å². The molecule has 4 unspecified atom stereocenters. The van der Waals surface area contributed by atoms with Crippen molar-refractivity contribution in [2.45, 2.75) is 45.7 Å². The summed E-state index contributed by atoms with van der Waals surface area (Å²) in [5.74, 6) is 0.946. The number of likely N-dealkylation sites (tertiary alicyclic amines) is 1. The molecule has 1 aliphatic carbocycles. The van der Waals surface area contributed by atoms with Gasteiger partial charge in [-0.15, -0.1) is 0 Å². The molecule has 92 valence electrons. The van der Waals surface area contributed by atoms with Gasteiger partial charge in [0.05, 0.1) is 0 Å². The minimum absolute atomic E-state index is 0.00185. The Hall–Kier alpha value is -0.770. The summed E-state index contributed by atoms with van der Waals surface area (Å²) in [5, 5.41) is 9.26. The summed E-state index contributed by atoms with van der Waals surface area (Å²) in [5.41, 5.74) is 5.99. The average molecular weight is 226 g/mol. The van der Waals surface area contributed by atoms with E-state index in [1.54, 1.807) is 4.90 Å². The Balaban J connectivity index is 2.25. The molecule has 1 aliphatic heterocycles. The van der Waals surface area contributed by atoms with Crippen LogP contribution in [0.15, 0.2) is 0 Å². The highest BCUT2D eigenvalue weighted by Gasteiger charge is 2.52. The zero-order valence-electron chi connectivity index (χ0n) is 10.3. The van der Waals surface area contributed by atoms with Crippen LogP contribution in [-0.2, 0) is 0 Å². The third-order valence-electron chi connectivity index (χ3n) is 4.09. The zero-order chi connectivity index (χ0) is 12.1. The standard InChI is InChI=1S/C12H22N2O2/c1-12(2,3)10-9-5-8(13)4-7(9)6-14(10)11(15)16/h7-10H,4-6,13H2,1-3H3,(H,15,16). The Morgan fingerprint density at radius 2 is 2.00 bits per heavy atom. The number of hydrogen-bond acceptors (Lipinski definition) is 2. The Kier molecular flexibility index (Phi) is 2.65. The topological polar surface area (TPSA) is 66.6 Å². The summed E-state index contributed by atoms with van der Waals surface area (Å²) in [7, 11) is 0. The van der Waals surface area contributed by atoms with E-state index in [1.807, 2.05) is 0 Å². The highest BCUT2D eigenvalue weighted by Crippen LogP contribution is 2.47. The van der Waals surface area contributed by atoms with Crippen molar-refractivity contribution in [3.63, 3.8) is 0 Å². The summed E-state index contributed by atoms with van der Waals surface area (Å²) in [6.45, 7) is 7.05. The van der Waals surface area contributed by atoms with E-state index in [0.717, 1.165) is 12.8 Å². The summed E-state index contributed by atoms with van der Waals surface area (Å²) in [6, 6.07) is 0.402. The van der Waals surface area contributed by atoms with Crippen LogP contribution in [0.2, 0.25) is 0 Å². The third-order valence-corrected chi connectivity index (χ3v) is 4.09. The molecule has 0 spiro atoms. The summed E-state index contributed by atoms with van der Waals surface area (Å²) < 4.78 is 0. The number of amides is 1. The molecule has 4 nitrogen and oxygen atoms in total. The van der Waals surface area contributed by atoms with E-state index in [2.05, 4.69) is 20.8 Å². The van der Waals surface area contributed by atoms with Crippen molar-refractivity contribution >= 4 is 6.09 Å². The monoisotopic (exact) mass is 226 g/mol. The molecular weight excluding hydrogens is 204 g/mol. The fourth-order valence-corrected chi connectivity index (χ4v) is 3.70. The van der Waals surface area contributed by atoms with E-state index in [0.29, 0.717) is 18.4 Å². The first-order chi connectivity index (χ1) is 7.30. The van der Waals surface area contributed by atoms with E-state index in [4.69, 9.17) is 5.73 Å². The van der Waals surface area contributed by atoms with Crippen LogP contribution in [0.1, 0.15) is 33.6 Å². The van der Waals surface area contributed by atoms with E-state index in [9.17, 15) is 9.90 Å². The van der Waals surface area contributed by atoms with Crippen molar-refractivity contribution in [2.24, 2.45) is 23.0 Å². The molecule has 1 heterocycles. The van der Waals surface area contributed by atoms with E-state index in [1.165, 1.54) is 0 Å². The van der Waals surface area contributed by atoms with Gasteiger partial charge in [0, 0.05) is 18.6 Å². The minimum Gasteiger partial charge on any atom is -0.465 e. The molecule has 0 bridgehead atoms. The van der Waals surface area contributed by atoms with Crippen LogP contribution in [0.25, 0.3) is 0 Å². The van der Waals surface area contributed by atoms with Gasteiger partial charge in [-0.25, -0.2) is 4.79 Å². The Morgan fingerprint density at radius 3 is 2.50 bits per heavy atom. The smallest absolute Gasteiger partial charge is 0.407 e. The van der Waals surface area contributed by atoms with Crippen LogP contribution in [0.5, 0.6) is 0 Å². The molecule has 4 heteroatoms. The molecule has 0 radical (unpaired) electrons. The molecule has 0 aromatic rings.